The molecule has 7 heteroatoms. The maximum Gasteiger partial charge on any atom is 0.263 e. The van der Waals surface area contributed by atoms with Crippen molar-refractivity contribution in [2.45, 2.75) is 33.3 Å². The number of carbonyl (C=O) groups is 1. The lowest BCUT2D eigenvalue weighted by Crippen LogP contribution is -2.42. The monoisotopic (exact) mass is 452 g/mol. The smallest absolute Gasteiger partial charge is 0.263 e. The summed E-state index contributed by atoms with van der Waals surface area (Å²) in [5, 5.41) is 8.30. The molecule has 6 nitrogen and oxygen atoms in total. The Kier molecular flexibility index (Phi) is 6.70. The quantitative estimate of drug-likeness (QED) is 0.601. The molecular formula is C25H29ClN4O2. The molecule has 3 aromatic rings. The zero-order valence-corrected chi connectivity index (χ0v) is 19.5. The van der Waals surface area contributed by atoms with Crippen molar-refractivity contribution in [1.29, 1.82) is 0 Å². The third kappa shape index (κ3) is 5.07. The molecule has 1 N–H and O–H groups in total. The summed E-state index contributed by atoms with van der Waals surface area (Å²) in [4.78, 5) is 17.1. The topological polar surface area (TPSA) is 61.5 Å². The van der Waals surface area contributed by atoms with Crippen LogP contribution in [0, 0.1) is 13.8 Å². The standard InChI is InChI=1S/C25H29ClN4O2/c1-17-8-9-20(14-18(17)2)23-16-24(28-27-23)29-10-5-11-30(13-12-29)25(31)19(3)32-22-7-4-6-21(26)15-22/h4,6-9,14-16,19H,5,10-13H2,1-3H3,(H,27,28)/t19-/m1/s1. The third-order valence-electron chi connectivity index (χ3n) is 5.97. The Labute approximate surface area is 194 Å². The predicted molar refractivity (Wildman–Crippen MR) is 128 cm³/mol. The van der Waals surface area contributed by atoms with E-state index in [1.807, 2.05) is 17.0 Å². The number of rotatable bonds is 5. The van der Waals surface area contributed by atoms with Crippen molar-refractivity contribution in [1.82, 2.24) is 15.1 Å². The van der Waals surface area contributed by atoms with E-state index >= 15 is 0 Å². The van der Waals surface area contributed by atoms with Crippen molar-refractivity contribution in [2.75, 3.05) is 31.1 Å². The minimum absolute atomic E-state index is 0.00956. The van der Waals surface area contributed by atoms with Gasteiger partial charge in [0.25, 0.3) is 5.91 Å². The summed E-state index contributed by atoms with van der Waals surface area (Å²) >= 11 is 6.02. The second-order valence-corrected chi connectivity index (χ2v) is 8.76. The number of carbonyl (C=O) groups excluding carboxylic acids is 1. The number of halogens is 1. The Morgan fingerprint density at radius 3 is 2.69 bits per heavy atom. The van der Waals surface area contributed by atoms with Gasteiger partial charge in [0.05, 0.1) is 5.69 Å². The molecule has 0 unspecified atom stereocenters. The fourth-order valence-electron chi connectivity index (χ4n) is 3.95. The highest BCUT2D eigenvalue weighted by Crippen LogP contribution is 2.25. The Balaban J connectivity index is 1.38. The van der Waals surface area contributed by atoms with Gasteiger partial charge in [-0.2, -0.15) is 5.10 Å². The van der Waals surface area contributed by atoms with Gasteiger partial charge in [0, 0.05) is 37.3 Å². The van der Waals surface area contributed by atoms with Gasteiger partial charge in [0.2, 0.25) is 0 Å². The minimum Gasteiger partial charge on any atom is -0.481 e. The van der Waals surface area contributed by atoms with E-state index in [1.165, 1.54) is 11.1 Å². The molecule has 1 atom stereocenters. The Morgan fingerprint density at radius 2 is 1.91 bits per heavy atom. The summed E-state index contributed by atoms with van der Waals surface area (Å²) in [6.45, 7) is 8.93. The highest BCUT2D eigenvalue weighted by atomic mass is 35.5. The Bertz CT molecular complexity index is 1100. The highest BCUT2D eigenvalue weighted by Gasteiger charge is 2.25. The lowest BCUT2D eigenvalue weighted by atomic mass is 10.0. The van der Waals surface area contributed by atoms with Gasteiger partial charge in [-0.3, -0.25) is 9.89 Å². The van der Waals surface area contributed by atoms with Crippen molar-refractivity contribution in [3.63, 3.8) is 0 Å². The average molecular weight is 453 g/mol. The lowest BCUT2D eigenvalue weighted by Gasteiger charge is -2.25. The maximum absolute atomic E-state index is 13.0. The number of anilines is 1. The molecule has 0 saturated carbocycles. The van der Waals surface area contributed by atoms with E-state index in [4.69, 9.17) is 16.3 Å². The number of benzene rings is 2. The summed E-state index contributed by atoms with van der Waals surface area (Å²) in [5.74, 6) is 1.51. The first-order valence-electron chi connectivity index (χ1n) is 11.0. The number of nitrogens with zero attached hydrogens (tertiary/aromatic N) is 3. The van der Waals surface area contributed by atoms with Crippen LogP contribution in [0.3, 0.4) is 0 Å². The van der Waals surface area contributed by atoms with Crippen LogP contribution in [0.5, 0.6) is 5.75 Å². The molecule has 4 rings (SSSR count). The van der Waals surface area contributed by atoms with Gasteiger partial charge in [-0.1, -0.05) is 29.8 Å². The fourth-order valence-corrected chi connectivity index (χ4v) is 4.13. The van der Waals surface area contributed by atoms with Crippen LogP contribution >= 0.6 is 11.6 Å². The van der Waals surface area contributed by atoms with Crippen molar-refractivity contribution in [3.8, 4) is 17.0 Å². The van der Waals surface area contributed by atoms with Crippen LogP contribution in [-0.4, -0.2) is 53.3 Å². The summed E-state index contributed by atoms with van der Waals surface area (Å²) in [7, 11) is 0. The first-order chi connectivity index (χ1) is 15.4. The normalized spacial score (nSPS) is 15.4. The summed E-state index contributed by atoms with van der Waals surface area (Å²) in [5.41, 5.74) is 4.67. The zero-order chi connectivity index (χ0) is 22.7. The van der Waals surface area contributed by atoms with E-state index in [9.17, 15) is 4.79 Å². The van der Waals surface area contributed by atoms with Crippen LogP contribution in [0.25, 0.3) is 11.3 Å². The van der Waals surface area contributed by atoms with Gasteiger partial charge >= 0.3 is 0 Å². The van der Waals surface area contributed by atoms with E-state index in [1.54, 1.807) is 19.1 Å². The van der Waals surface area contributed by atoms with E-state index in [-0.39, 0.29) is 5.91 Å². The fraction of sp³-hybridized carbons (Fsp3) is 0.360. The molecule has 1 aliphatic heterocycles. The molecule has 0 bridgehead atoms. The van der Waals surface area contributed by atoms with E-state index in [0.717, 1.165) is 36.6 Å². The van der Waals surface area contributed by atoms with Crippen LogP contribution in [0.2, 0.25) is 5.02 Å². The van der Waals surface area contributed by atoms with Gasteiger partial charge in [-0.15, -0.1) is 0 Å². The number of hydrogen-bond donors (Lipinski definition) is 1. The molecule has 1 saturated heterocycles. The molecular weight excluding hydrogens is 424 g/mol. The van der Waals surface area contributed by atoms with Crippen LogP contribution in [-0.2, 0) is 4.79 Å². The second kappa shape index (κ2) is 9.65. The minimum atomic E-state index is -0.568. The van der Waals surface area contributed by atoms with Crippen LogP contribution in [0.4, 0.5) is 5.82 Å². The van der Waals surface area contributed by atoms with Crippen LogP contribution in [0.1, 0.15) is 24.5 Å². The molecule has 2 heterocycles. The number of amides is 1. The van der Waals surface area contributed by atoms with Gasteiger partial charge < -0.3 is 14.5 Å². The van der Waals surface area contributed by atoms with Gasteiger partial charge in [-0.05, 0) is 68.1 Å². The molecule has 0 spiro atoms. The van der Waals surface area contributed by atoms with Gasteiger partial charge in [-0.25, -0.2) is 0 Å². The van der Waals surface area contributed by atoms with Crippen LogP contribution in [0.15, 0.2) is 48.5 Å². The Morgan fingerprint density at radius 1 is 1.06 bits per heavy atom. The molecule has 1 fully saturated rings. The molecule has 2 aromatic carbocycles. The molecule has 0 radical (unpaired) electrons. The molecule has 168 valence electrons. The highest BCUT2D eigenvalue weighted by molar-refractivity contribution is 6.30. The van der Waals surface area contributed by atoms with Crippen LogP contribution < -0.4 is 9.64 Å². The van der Waals surface area contributed by atoms with Gasteiger partial charge in [0.15, 0.2) is 11.9 Å². The Hall–Kier alpha value is -2.99. The number of aryl methyl sites for hydroxylation is 2. The molecule has 1 amide bonds. The van der Waals surface area contributed by atoms with E-state index in [2.05, 4.69) is 53.2 Å². The molecule has 1 aliphatic rings. The largest absolute Gasteiger partial charge is 0.481 e. The molecule has 32 heavy (non-hydrogen) atoms. The SMILES string of the molecule is Cc1ccc(-c2cc(N3CCCN(C(=O)[C@@H](C)Oc4cccc(Cl)c4)CC3)n[nH]2)cc1C. The maximum atomic E-state index is 13.0. The summed E-state index contributed by atoms with van der Waals surface area (Å²) in [6, 6.07) is 15.6. The summed E-state index contributed by atoms with van der Waals surface area (Å²) < 4.78 is 5.83. The number of hydrogen-bond acceptors (Lipinski definition) is 4. The average Bonchev–Trinajstić information content (AvgIpc) is 3.13. The van der Waals surface area contributed by atoms with Crippen molar-refractivity contribution in [2.24, 2.45) is 0 Å². The first kappa shape index (κ1) is 22.2. The van der Waals surface area contributed by atoms with E-state index < -0.39 is 6.10 Å². The van der Waals surface area contributed by atoms with Crippen molar-refractivity contribution in [3.05, 3.63) is 64.7 Å². The van der Waals surface area contributed by atoms with E-state index in [0.29, 0.717) is 23.9 Å². The number of aromatic amines is 1. The predicted octanol–water partition coefficient (Wildman–Crippen LogP) is 4.85. The number of ether oxygens (including phenoxy) is 1. The number of nitrogens with one attached hydrogen (secondary N) is 1. The third-order valence-corrected chi connectivity index (χ3v) is 6.21. The summed E-state index contributed by atoms with van der Waals surface area (Å²) in [6.07, 6.45) is 0.309. The molecule has 1 aromatic heterocycles. The lowest BCUT2D eigenvalue weighted by molar-refractivity contribution is -0.137. The molecule has 0 aliphatic carbocycles. The first-order valence-corrected chi connectivity index (χ1v) is 11.4. The number of H-pyrrole nitrogens is 1. The van der Waals surface area contributed by atoms with Gasteiger partial charge in [0.1, 0.15) is 5.75 Å². The second-order valence-electron chi connectivity index (χ2n) is 8.32. The van der Waals surface area contributed by atoms with Crippen molar-refractivity contribution >= 4 is 23.3 Å². The van der Waals surface area contributed by atoms with Crippen molar-refractivity contribution < 1.29 is 9.53 Å². The zero-order valence-electron chi connectivity index (χ0n) is 18.8. The number of aromatic nitrogens is 2.